The molecule has 0 saturated heterocycles. The van der Waals surface area contributed by atoms with Crippen LogP contribution >= 0.6 is 0 Å². The lowest BCUT2D eigenvalue weighted by molar-refractivity contribution is 0.297. The van der Waals surface area contributed by atoms with Crippen molar-refractivity contribution in [2.45, 2.75) is 73.1 Å². The number of rotatable bonds is 3. The molecule has 1 aliphatic heterocycles. The zero-order valence-corrected chi connectivity index (χ0v) is 19.0. The molecule has 2 nitrogen and oxygen atoms in total. The zero-order chi connectivity index (χ0) is 21.3. The van der Waals surface area contributed by atoms with Crippen LogP contribution in [0.25, 0.3) is 5.57 Å². The van der Waals surface area contributed by atoms with Crippen LogP contribution in [0.15, 0.2) is 74.7 Å². The highest BCUT2D eigenvalue weighted by Crippen LogP contribution is 2.38. The van der Waals surface area contributed by atoms with Crippen molar-refractivity contribution in [2.75, 3.05) is 0 Å². The summed E-state index contributed by atoms with van der Waals surface area (Å²) in [6, 6.07) is 2.15. The molecule has 2 aliphatic carbocycles. The molecule has 0 bridgehead atoms. The summed E-state index contributed by atoms with van der Waals surface area (Å²) < 4.78 is 12.2. The van der Waals surface area contributed by atoms with Gasteiger partial charge in [-0.2, -0.15) is 0 Å². The lowest BCUT2D eigenvalue weighted by atomic mass is 9.88. The second-order valence-electron chi connectivity index (χ2n) is 8.86. The number of ether oxygens (including phenoxy) is 1. The predicted molar refractivity (Wildman–Crippen MR) is 125 cm³/mol. The predicted octanol–water partition coefficient (Wildman–Crippen LogP) is 8.09. The van der Waals surface area contributed by atoms with Gasteiger partial charge in [-0.15, -0.1) is 0 Å². The second kappa shape index (κ2) is 8.63. The first-order valence-corrected chi connectivity index (χ1v) is 11.2. The Morgan fingerprint density at radius 3 is 2.67 bits per heavy atom. The fourth-order valence-electron chi connectivity index (χ4n) is 4.76. The summed E-state index contributed by atoms with van der Waals surface area (Å²) in [7, 11) is 0. The van der Waals surface area contributed by atoms with Gasteiger partial charge in [0.2, 0.25) is 0 Å². The van der Waals surface area contributed by atoms with E-state index in [-0.39, 0.29) is 0 Å². The minimum atomic E-state index is 0.987. The average molecular weight is 402 g/mol. The molecule has 156 valence electrons. The van der Waals surface area contributed by atoms with Crippen molar-refractivity contribution >= 4 is 5.57 Å². The quantitative estimate of drug-likeness (QED) is 0.377. The monoisotopic (exact) mass is 401 g/mol. The average Bonchev–Trinajstić information content (AvgIpc) is 2.70. The molecule has 2 heterocycles. The maximum absolute atomic E-state index is 6.11. The summed E-state index contributed by atoms with van der Waals surface area (Å²) in [6.45, 7) is 10.6. The van der Waals surface area contributed by atoms with E-state index < -0.39 is 0 Å². The second-order valence-corrected chi connectivity index (χ2v) is 8.86. The highest BCUT2D eigenvalue weighted by atomic mass is 16.5. The Hall–Kier alpha value is -2.61. The van der Waals surface area contributed by atoms with E-state index in [4.69, 9.17) is 9.15 Å². The van der Waals surface area contributed by atoms with E-state index in [0.717, 1.165) is 48.7 Å². The highest BCUT2D eigenvalue weighted by molar-refractivity contribution is 5.68. The van der Waals surface area contributed by atoms with Crippen LogP contribution in [0.2, 0.25) is 0 Å². The normalized spacial score (nSPS) is 21.0. The molecule has 1 aromatic rings. The molecule has 4 rings (SSSR count). The number of hydrogen-bond acceptors (Lipinski definition) is 1. The summed E-state index contributed by atoms with van der Waals surface area (Å²) in [5.41, 5.74) is 9.31. The molecule has 0 radical (unpaired) electrons. The van der Waals surface area contributed by atoms with Gasteiger partial charge in [-0.3, -0.25) is 0 Å². The Labute approximate surface area is 181 Å². The third-order valence-corrected chi connectivity index (χ3v) is 6.29. The molecule has 0 N–H and O–H groups in total. The Balaban J connectivity index is 1.58. The fraction of sp³-hybridized carbons (Fsp3) is 0.393. The molecular formula is C28H33O2+. The molecule has 0 spiro atoms. The smallest absolute Gasteiger partial charge is 0.359 e. The van der Waals surface area contributed by atoms with Gasteiger partial charge in [-0.05, 0) is 101 Å². The summed E-state index contributed by atoms with van der Waals surface area (Å²) in [4.78, 5) is 0. The van der Waals surface area contributed by atoms with Crippen LogP contribution in [0, 0.1) is 13.8 Å². The molecule has 2 heteroatoms. The standard InChI is InChI=1S/C28H33O2/c1-18(12-14-23-8-6-10-25-19(2)16-21(4)29-27(23)25)13-15-24-9-7-11-26-20(3)17-22(5)30-28(24)26/h12-17H,6-11H2,1-5H3/q+1. The molecule has 0 fully saturated rings. The van der Waals surface area contributed by atoms with Gasteiger partial charge in [0.15, 0.2) is 0 Å². The molecule has 0 atom stereocenters. The van der Waals surface area contributed by atoms with Gasteiger partial charge >= 0.3 is 11.5 Å². The van der Waals surface area contributed by atoms with E-state index in [2.05, 4.69) is 57.2 Å². The Bertz CT molecular complexity index is 1050. The van der Waals surface area contributed by atoms with Gasteiger partial charge in [-0.1, -0.05) is 23.8 Å². The first-order chi connectivity index (χ1) is 14.4. The van der Waals surface area contributed by atoms with E-state index in [1.165, 1.54) is 51.8 Å². The first kappa shape index (κ1) is 20.7. The Morgan fingerprint density at radius 2 is 1.83 bits per heavy atom. The van der Waals surface area contributed by atoms with Gasteiger partial charge in [0.05, 0.1) is 18.1 Å². The Morgan fingerprint density at radius 1 is 1.03 bits per heavy atom. The molecule has 30 heavy (non-hydrogen) atoms. The van der Waals surface area contributed by atoms with Gasteiger partial charge in [0, 0.05) is 6.07 Å². The van der Waals surface area contributed by atoms with E-state index >= 15 is 0 Å². The topological polar surface area (TPSA) is 20.5 Å². The van der Waals surface area contributed by atoms with Crippen LogP contribution in [0.4, 0.5) is 0 Å². The molecule has 0 unspecified atom stereocenters. The first-order valence-electron chi connectivity index (χ1n) is 11.2. The van der Waals surface area contributed by atoms with Gasteiger partial charge in [-0.25, -0.2) is 4.42 Å². The molecule has 3 aliphatic rings. The minimum Gasteiger partial charge on any atom is -0.461 e. The van der Waals surface area contributed by atoms with E-state index in [9.17, 15) is 0 Å². The summed E-state index contributed by atoms with van der Waals surface area (Å²) in [6.07, 6.45) is 17.9. The van der Waals surface area contributed by atoms with Crippen molar-refractivity contribution in [2.24, 2.45) is 0 Å². The minimum absolute atomic E-state index is 0.987. The SMILES string of the molecule is CC(C=CC1=C2OC(C)=CC(C)=C2CCC1)=CC=C1CCCc2c(C)cc(C)[o+]c21. The fourth-order valence-corrected chi connectivity index (χ4v) is 4.76. The molecule has 0 saturated carbocycles. The van der Waals surface area contributed by atoms with Crippen molar-refractivity contribution < 1.29 is 9.15 Å². The van der Waals surface area contributed by atoms with Crippen LogP contribution in [0.3, 0.4) is 0 Å². The maximum atomic E-state index is 6.11. The van der Waals surface area contributed by atoms with Crippen molar-refractivity contribution in [1.82, 2.24) is 0 Å². The van der Waals surface area contributed by atoms with Crippen LogP contribution < -0.4 is 0 Å². The summed E-state index contributed by atoms with van der Waals surface area (Å²) >= 11 is 0. The van der Waals surface area contributed by atoms with Gasteiger partial charge < -0.3 is 4.74 Å². The lowest BCUT2D eigenvalue weighted by Gasteiger charge is -2.26. The van der Waals surface area contributed by atoms with Crippen LogP contribution in [-0.2, 0) is 11.2 Å². The summed E-state index contributed by atoms with van der Waals surface area (Å²) in [5.74, 6) is 4.15. The van der Waals surface area contributed by atoms with Crippen LogP contribution in [0.1, 0.15) is 75.5 Å². The Kier molecular flexibility index (Phi) is 5.94. The van der Waals surface area contributed by atoms with E-state index in [1.807, 2.05) is 13.8 Å². The van der Waals surface area contributed by atoms with Crippen molar-refractivity contribution in [3.05, 3.63) is 92.9 Å². The van der Waals surface area contributed by atoms with Crippen LogP contribution in [-0.4, -0.2) is 0 Å². The molecule has 0 aromatic carbocycles. The van der Waals surface area contributed by atoms with E-state index in [1.54, 1.807) is 0 Å². The van der Waals surface area contributed by atoms with Crippen molar-refractivity contribution in [1.29, 1.82) is 0 Å². The zero-order valence-electron chi connectivity index (χ0n) is 19.0. The van der Waals surface area contributed by atoms with Gasteiger partial charge in [0.1, 0.15) is 11.5 Å². The third kappa shape index (κ3) is 4.28. The third-order valence-electron chi connectivity index (χ3n) is 6.29. The van der Waals surface area contributed by atoms with Crippen molar-refractivity contribution in [3.8, 4) is 0 Å². The number of allylic oxidation sites excluding steroid dienone is 11. The molecular weight excluding hydrogens is 368 g/mol. The van der Waals surface area contributed by atoms with Crippen LogP contribution in [0.5, 0.6) is 0 Å². The van der Waals surface area contributed by atoms with Gasteiger partial charge in [0.25, 0.3) is 0 Å². The number of fused-ring (bicyclic) bond motifs is 2. The highest BCUT2D eigenvalue weighted by Gasteiger charge is 2.27. The summed E-state index contributed by atoms with van der Waals surface area (Å²) in [5, 5.41) is 0. The van der Waals surface area contributed by atoms with Crippen molar-refractivity contribution in [3.63, 3.8) is 0 Å². The lowest BCUT2D eigenvalue weighted by Crippen LogP contribution is -2.10. The molecule has 0 amide bonds. The largest absolute Gasteiger partial charge is 0.461 e. The maximum Gasteiger partial charge on any atom is 0.359 e. The molecule has 1 aromatic heterocycles. The van der Waals surface area contributed by atoms with E-state index in [0.29, 0.717) is 0 Å². The number of hydrogen-bond donors (Lipinski definition) is 0. The number of aryl methyl sites for hydroxylation is 2.